The van der Waals surface area contributed by atoms with Gasteiger partial charge in [-0.05, 0) is 30.4 Å². The minimum absolute atomic E-state index is 0.194. The third kappa shape index (κ3) is 3.59. The Balaban J connectivity index is 1.68. The molecule has 0 radical (unpaired) electrons. The summed E-state index contributed by atoms with van der Waals surface area (Å²) >= 11 is 5.09. The Hall–Kier alpha value is -3.59. The molecule has 0 aliphatic carbocycles. The monoisotopic (exact) mass is 406 g/mol. The molecule has 0 spiro atoms. The second-order valence-electron chi connectivity index (χ2n) is 6.46. The number of para-hydroxylation sites is 1. The predicted octanol–water partition coefficient (Wildman–Crippen LogP) is 2.15. The number of carbonyl (C=O) groups excluding carboxylic acids is 1. The van der Waals surface area contributed by atoms with Crippen LogP contribution in [0.4, 0.5) is 0 Å². The van der Waals surface area contributed by atoms with Gasteiger partial charge in [-0.25, -0.2) is 0 Å². The van der Waals surface area contributed by atoms with E-state index in [0.29, 0.717) is 34.2 Å². The zero-order chi connectivity index (χ0) is 20.4. The minimum atomic E-state index is -0.359. The first-order valence-corrected chi connectivity index (χ1v) is 9.43. The lowest BCUT2D eigenvalue weighted by atomic mass is 10.1. The van der Waals surface area contributed by atoms with Crippen LogP contribution < -0.4 is 10.9 Å². The van der Waals surface area contributed by atoms with Crippen molar-refractivity contribution in [2.24, 2.45) is 7.05 Å². The lowest BCUT2D eigenvalue weighted by Gasteiger charge is -2.11. The summed E-state index contributed by atoms with van der Waals surface area (Å²) in [6, 6.07) is 16.0. The number of fused-ring (bicyclic) bond motifs is 1. The molecule has 2 heterocycles. The molecule has 0 unspecified atom stereocenters. The predicted molar refractivity (Wildman–Crippen MR) is 112 cm³/mol. The quantitative estimate of drug-likeness (QED) is 0.495. The number of hydrogen-bond donors (Lipinski definition) is 2. The van der Waals surface area contributed by atoms with Crippen LogP contribution >= 0.6 is 12.2 Å². The van der Waals surface area contributed by atoms with Gasteiger partial charge in [0.2, 0.25) is 0 Å². The number of H-pyrrole nitrogens is 1. The second-order valence-corrected chi connectivity index (χ2v) is 6.84. The number of hydrogen-bond acceptors (Lipinski definition) is 5. The number of rotatable bonds is 5. The normalized spacial score (nSPS) is 10.9. The zero-order valence-corrected chi connectivity index (χ0v) is 16.4. The summed E-state index contributed by atoms with van der Waals surface area (Å²) in [5.41, 5.74) is 0.517. The molecule has 9 heteroatoms. The van der Waals surface area contributed by atoms with E-state index in [1.807, 2.05) is 25.2 Å². The van der Waals surface area contributed by atoms with E-state index in [4.69, 9.17) is 12.2 Å². The Kier molecular flexibility index (Phi) is 5.05. The summed E-state index contributed by atoms with van der Waals surface area (Å²) in [4.78, 5) is 25.8. The SMILES string of the molecule is Cn1c(CCNC(=O)c2nn(-c3ccccc3)c(=O)c3ccccc23)n[nH]c1=S. The fraction of sp³-hybridized carbons (Fsp3) is 0.150. The van der Waals surface area contributed by atoms with Crippen LogP contribution in [0.3, 0.4) is 0 Å². The van der Waals surface area contributed by atoms with Crippen molar-refractivity contribution in [3.63, 3.8) is 0 Å². The number of amides is 1. The Bertz CT molecular complexity index is 1310. The van der Waals surface area contributed by atoms with Crippen molar-refractivity contribution in [3.05, 3.63) is 81.2 Å². The van der Waals surface area contributed by atoms with Gasteiger partial charge in [0.05, 0.1) is 11.1 Å². The Morgan fingerprint density at radius 3 is 2.48 bits per heavy atom. The van der Waals surface area contributed by atoms with Crippen LogP contribution in [0.25, 0.3) is 16.5 Å². The Morgan fingerprint density at radius 1 is 1.10 bits per heavy atom. The van der Waals surface area contributed by atoms with Crippen LogP contribution in [0.1, 0.15) is 16.3 Å². The van der Waals surface area contributed by atoms with Gasteiger partial charge in [0.25, 0.3) is 11.5 Å². The topological polar surface area (TPSA) is 97.6 Å². The van der Waals surface area contributed by atoms with Gasteiger partial charge in [-0.1, -0.05) is 36.4 Å². The molecule has 0 bridgehead atoms. The van der Waals surface area contributed by atoms with E-state index in [9.17, 15) is 9.59 Å². The maximum Gasteiger partial charge on any atom is 0.279 e. The molecule has 29 heavy (non-hydrogen) atoms. The summed E-state index contributed by atoms with van der Waals surface area (Å²) < 4.78 is 3.54. The van der Waals surface area contributed by atoms with Gasteiger partial charge >= 0.3 is 0 Å². The van der Waals surface area contributed by atoms with Crippen molar-refractivity contribution in [2.75, 3.05) is 6.54 Å². The van der Waals surface area contributed by atoms with E-state index in [-0.39, 0.29) is 17.2 Å². The molecule has 0 fully saturated rings. The fourth-order valence-corrected chi connectivity index (χ4v) is 3.23. The average molecular weight is 406 g/mol. The highest BCUT2D eigenvalue weighted by atomic mass is 32.1. The summed E-state index contributed by atoms with van der Waals surface area (Å²) in [6.07, 6.45) is 0.506. The first-order valence-electron chi connectivity index (χ1n) is 9.02. The Labute approximate surface area is 170 Å². The molecule has 2 N–H and O–H groups in total. The Morgan fingerprint density at radius 2 is 1.79 bits per heavy atom. The fourth-order valence-electron chi connectivity index (χ4n) is 3.08. The van der Waals surface area contributed by atoms with Crippen LogP contribution in [0, 0.1) is 4.77 Å². The number of benzene rings is 2. The van der Waals surface area contributed by atoms with E-state index < -0.39 is 0 Å². The van der Waals surface area contributed by atoms with Gasteiger partial charge in [0.15, 0.2) is 10.5 Å². The molecule has 0 saturated carbocycles. The number of aromatic amines is 1. The van der Waals surface area contributed by atoms with Crippen LogP contribution in [-0.4, -0.2) is 37.0 Å². The summed E-state index contributed by atoms with van der Waals surface area (Å²) in [7, 11) is 1.81. The second kappa shape index (κ2) is 7.80. The van der Waals surface area contributed by atoms with E-state index >= 15 is 0 Å². The molecule has 1 amide bonds. The molecule has 8 nitrogen and oxygen atoms in total. The van der Waals surface area contributed by atoms with Crippen molar-refractivity contribution in [3.8, 4) is 5.69 Å². The highest BCUT2D eigenvalue weighted by Crippen LogP contribution is 2.15. The van der Waals surface area contributed by atoms with Gasteiger partial charge < -0.3 is 9.88 Å². The molecule has 4 rings (SSSR count). The van der Waals surface area contributed by atoms with E-state index in [1.54, 1.807) is 41.0 Å². The molecule has 146 valence electrons. The summed E-state index contributed by atoms with van der Waals surface area (Å²) in [6.45, 7) is 0.354. The van der Waals surface area contributed by atoms with Crippen LogP contribution in [0.2, 0.25) is 0 Å². The molecule has 4 aromatic rings. The average Bonchev–Trinajstić information content (AvgIpc) is 3.07. The van der Waals surface area contributed by atoms with Crippen LogP contribution in [0.15, 0.2) is 59.4 Å². The molecule has 0 saturated heterocycles. The van der Waals surface area contributed by atoms with Crippen molar-refractivity contribution in [2.45, 2.75) is 6.42 Å². The minimum Gasteiger partial charge on any atom is -0.350 e. The molecule has 2 aromatic carbocycles. The van der Waals surface area contributed by atoms with E-state index in [2.05, 4.69) is 20.6 Å². The molecular weight excluding hydrogens is 388 g/mol. The number of carbonyl (C=O) groups is 1. The molecule has 0 atom stereocenters. The molecule has 0 aliphatic heterocycles. The van der Waals surface area contributed by atoms with Crippen molar-refractivity contribution in [1.29, 1.82) is 0 Å². The van der Waals surface area contributed by atoms with Crippen LogP contribution in [-0.2, 0) is 13.5 Å². The highest BCUT2D eigenvalue weighted by Gasteiger charge is 2.17. The lowest BCUT2D eigenvalue weighted by Crippen LogP contribution is -2.31. The third-order valence-corrected chi connectivity index (χ3v) is 4.99. The van der Waals surface area contributed by atoms with Crippen molar-refractivity contribution < 1.29 is 4.79 Å². The van der Waals surface area contributed by atoms with Gasteiger partial charge in [0, 0.05) is 25.4 Å². The summed E-state index contributed by atoms with van der Waals surface area (Å²) in [5, 5.41) is 15.0. The summed E-state index contributed by atoms with van der Waals surface area (Å²) in [5.74, 6) is 0.380. The number of nitrogens with one attached hydrogen (secondary N) is 2. The number of aromatic nitrogens is 5. The molecule has 2 aromatic heterocycles. The number of nitrogens with zero attached hydrogens (tertiary/aromatic N) is 4. The first kappa shape index (κ1) is 18.8. The highest BCUT2D eigenvalue weighted by molar-refractivity contribution is 7.71. The van der Waals surface area contributed by atoms with Gasteiger partial charge in [-0.3, -0.25) is 14.7 Å². The van der Waals surface area contributed by atoms with Crippen molar-refractivity contribution >= 4 is 28.9 Å². The zero-order valence-electron chi connectivity index (χ0n) is 15.6. The molecule has 0 aliphatic rings. The lowest BCUT2D eigenvalue weighted by molar-refractivity contribution is 0.0949. The smallest absolute Gasteiger partial charge is 0.279 e. The van der Waals surface area contributed by atoms with Crippen LogP contribution in [0.5, 0.6) is 0 Å². The molecular formula is C20H18N6O2S. The first-order chi connectivity index (χ1) is 14.1. The maximum atomic E-state index is 12.9. The van der Waals surface area contributed by atoms with E-state index in [1.165, 1.54) is 4.68 Å². The van der Waals surface area contributed by atoms with Gasteiger partial charge in [-0.2, -0.15) is 14.9 Å². The van der Waals surface area contributed by atoms with Crippen molar-refractivity contribution in [1.82, 2.24) is 29.9 Å². The maximum absolute atomic E-state index is 12.9. The van der Waals surface area contributed by atoms with E-state index in [0.717, 1.165) is 5.82 Å². The third-order valence-electron chi connectivity index (χ3n) is 4.63. The largest absolute Gasteiger partial charge is 0.350 e. The van der Waals surface area contributed by atoms with Gasteiger partial charge in [-0.15, -0.1) is 0 Å². The standard InChI is InChI=1S/C20H18N6O2S/c1-25-16(22-23-20(25)29)11-12-21-18(27)17-14-9-5-6-10-15(14)19(28)26(24-17)13-7-3-2-4-8-13/h2-10H,11-12H2,1H3,(H,21,27)(H,23,29). The van der Waals surface area contributed by atoms with Gasteiger partial charge in [0.1, 0.15) is 5.82 Å².